The summed E-state index contributed by atoms with van der Waals surface area (Å²) in [5.41, 5.74) is 0.783. The number of amides is 2. The molecule has 0 aromatic heterocycles. The predicted octanol–water partition coefficient (Wildman–Crippen LogP) is 1.89. The van der Waals surface area contributed by atoms with Gasteiger partial charge in [0.1, 0.15) is 0 Å². The zero-order chi connectivity index (χ0) is 15.3. The van der Waals surface area contributed by atoms with E-state index in [1.54, 1.807) is 24.3 Å². The maximum absolute atomic E-state index is 12.6. The largest absolute Gasteiger partial charge is 0.371 e. The molecule has 1 saturated heterocycles. The number of rotatable bonds is 4. The first-order chi connectivity index (χ1) is 10.7. The van der Waals surface area contributed by atoms with E-state index >= 15 is 0 Å². The summed E-state index contributed by atoms with van der Waals surface area (Å²) in [5, 5.41) is 3.61. The standard InChI is InChI=1S/C15H10N2O5/c18-14-11-3-1-2-8-4-9(22-16-20)5-12(13(8)11)15(19)17(14)6-10-7-21-10/h1-5,10H,6-7H2. The third-order valence-corrected chi connectivity index (χ3v) is 3.83. The third kappa shape index (κ3) is 1.86. The van der Waals surface area contributed by atoms with Crippen LogP contribution in [0.1, 0.15) is 20.7 Å². The van der Waals surface area contributed by atoms with Crippen LogP contribution < -0.4 is 4.84 Å². The van der Waals surface area contributed by atoms with Crippen molar-refractivity contribution >= 4 is 22.6 Å². The van der Waals surface area contributed by atoms with Crippen LogP contribution in [0.4, 0.5) is 0 Å². The van der Waals surface area contributed by atoms with E-state index < -0.39 is 5.91 Å². The van der Waals surface area contributed by atoms with Gasteiger partial charge < -0.3 is 9.57 Å². The topological polar surface area (TPSA) is 88.6 Å². The molecule has 2 aliphatic rings. The molecule has 2 aromatic rings. The van der Waals surface area contributed by atoms with Crippen LogP contribution in [0.25, 0.3) is 10.8 Å². The van der Waals surface area contributed by atoms with Gasteiger partial charge in [-0.15, -0.1) is 4.91 Å². The Morgan fingerprint density at radius 3 is 2.73 bits per heavy atom. The van der Waals surface area contributed by atoms with Crippen LogP contribution in [0.3, 0.4) is 0 Å². The normalized spacial score (nSPS) is 19.5. The van der Waals surface area contributed by atoms with Gasteiger partial charge in [0, 0.05) is 10.9 Å². The predicted molar refractivity (Wildman–Crippen MR) is 75.5 cm³/mol. The van der Waals surface area contributed by atoms with E-state index in [-0.39, 0.29) is 24.3 Å². The molecule has 1 unspecified atom stereocenters. The molecule has 2 aliphatic heterocycles. The van der Waals surface area contributed by atoms with Gasteiger partial charge in [0.05, 0.1) is 24.8 Å². The molecule has 2 aromatic carbocycles. The van der Waals surface area contributed by atoms with Crippen LogP contribution in [-0.2, 0) is 4.74 Å². The molecule has 0 spiro atoms. The zero-order valence-corrected chi connectivity index (χ0v) is 11.3. The van der Waals surface area contributed by atoms with Crippen molar-refractivity contribution in [3.63, 3.8) is 0 Å². The van der Waals surface area contributed by atoms with Crippen molar-refractivity contribution in [1.29, 1.82) is 0 Å². The van der Waals surface area contributed by atoms with Gasteiger partial charge in [-0.25, -0.2) is 0 Å². The number of benzene rings is 2. The highest BCUT2D eigenvalue weighted by Gasteiger charge is 2.37. The Morgan fingerprint density at radius 1 is 1.23 bits per heavy atom. The van der Waals surface area contributed by atoms with Gasteiger partial charge in [-0.2, -0.15) is 0 Å². The molecule has 0 N–H and O–H groups in total. The smallest absolute Gasteiger partial charge is 0.261 e. The fraction of sp³-hybridized carbons (Fsp3) is 0.200. The lowest BCUT2D eigenvalue weighted by Gasteiger charge is -2.26. The number of epoxide rings is 1. The summed E-state index contributed by atoms with van der Waals surface area (Å²) in [7, 11) is 0. The molecule has 110 valence electrons. The lowest BCUT2D eigenvalue weighted by atomic mass is 9.93. The van der Waals surface area contributed by atoms with Crippen molar-refractivity contribution in [3.05, 3.63) is 46.4 Å². The molecule has 7 nitrogen and oxygen atoms in total. The maximum Gasteiger partial charge on any atom is 0.261 e. The van der Waals surface area contributed by atoms with Gasteiger partial charge in [-0.1, -0.05) is 12.1 Å². The van der Waals surface area contributed by atoms with Crippen LogP contribution in [-0.4, -0.2) is 36.0 Å². The van der Waals surface area contributed by atoms with Crippen LogP contribution >= 0.6 is 0 Å². The number of carbonyl (C=O) groups is 2. The lowest BCUT2D eigenvalue weighted by Crippen LogP contribution is -2.42. The van der Waals surface area contributed by atoms with E-state index in [4.69, 9.17) is 4.74 Å². The summed E-state index contributed by atoms with van der Waals surface area (Å²) in [6, 6.07) is 8.16. The number of hydrogen-bond donors (Lipinski definition) is 0. The molecule has 2 heterocycles. The minimum atomic E-state index is -0.416. The minimum Gasteiger partial charge on any atom is -0.371 e. The molecule has 0 radical (unpaired) electrons. The SMILES string of the molecule is O=NOc1cc2c3c(cccc3c1)C(=O)N(CC1CO1)C2=O. The zero-order valence-electron chi connectivity index (χ0n) is 11.3. The average Bonchev–Trinajstić information content (AvgIpc) is 3.33. The molecule has 0 bridgehead atoms. The molecule has 0 aliphatic carbocycles. The molecule has 1 fully saturated rings. The fourth-order valence-electron chi connectivity index (χ4n) is 2.77. The fourth-order valence-corrected chi connectivity index (χ4v) is 2.77. The van der Waals surface area contributed by atoms with Gasteiger partial charge in [0.15, 0.2) is 11.1 Å². The number of nitrogens with zero attached hydrogens (tertiary/aromatic N) is 2. The van der Waals surface area contributed by atoms with Crippen LogP contribution in [0.15, 0.2) is 35.7 Å². The monoisotopic (exact) mass is 298 g/mol. The summed E-state index contributed by atoms with van der Waals surface area (Å²) in [6.45, 7) is 0.775. The first kappa shape index (κ1) is 12.9. The maximum atomic E-state index is 12.6. The quantitative estimate of drug-likeness (QED) is 0.372. The third-order valence-electron chi connectivity index (χ3n) is 3.83. The van der Waals surface area contributed by atoms with Crippen LogP contribution in [0.2, 0.25) is 0 Å². The van der Waals surface area contributed by atoms with Crippen molar-refractivity contribution in [2.24, 2.45) is 5.34 Å². The van der Waals surface area contributed by atoms with Crippen molar-refractivity contribution in [2.75, 3.05) is 13.2 Å². The summed E-state index contributed by atoms with van der Waals surface area (Å²) >= 11 is 0. The Labute approximate surface area is 124 Å². The van der Waals surface area contributed by atoms with E-state index in [1.807, 2.05) is 0 Å². The lowest BCUT2D eigenvalue weighted by molar-refractivity contribution is 0.0598. The minimum absolute atomic E-state index is 0.0928. The van der Waals surface area contributed by atoms with E-state index in [9.17, 15) is 14.5 Å². The first-order valence-corrected chi connectivity index (χ1v) is 6.73. The van der Waals surface area contributed by atoms with Gasteiger partial charge in [0.2, 0.25) is 0 Å². The van der Waals surface area contributed by atoms with E-state index in [2.05, 4.69) is 10.2 Å². The Morgan fingerprint density at radius 2 is 2.00 bits per heavy atom. The second kappa shape index (κ2) is 4.60. The highest BCUT2D eigenvalue weighted by molar-refractivity contribution is 6.25. The van der Waals surface area contributed by atoms with Gasteiger partial charge in [0.25, 0.3) is 11.8 Å². The first-order valence-electron chi connectivity index (χ1n) is 6.73. The molecule has 7 heteroatoms. The van der Waals surface area contributed by atoms with Gasteiger partial charge >= 0.3 is 0 Å². The Balaban J connectivity index is 1.92. The summed E-state index contributed by atoms with van der Waals surface area (Å²) in [6.07, 6.45) is -0.0928. The molecular weight excluding hydrogens is 288 g/mol. The summed E-state index contributed by atoms with van der Waals surface area (Å²) in [4.78, 5) is 41.2. The van der Waals surface area contributed by atoms with E-state index in [0.717, 1.165) is 0 Å². The van der Waals surface area contributed by atoms with Crippen molar-refractivity contribution in [3.8, 4) is 5.75 Å². The van der Waals surface area contributed by atoms with Gasteiger partial charge in [-0.05, 0) is 23.6 Å². The van der Waals surface area contributed by atoms with E-state index in [1.165, 1.54) is 11.0 Å². The average molecular weight is 298 g/mol. The molecule has 2 amide bonds. The second-order valence-corrected chi connectivity index (χ2v) is 5.22. The van der Waals surface area contributed by atoms with Gasteiger partial charge in [-0.3, -0.25) is 14.5 Å². The second-order valence-electron chi connectivity index (χ2n) is 5.22. The van der Waals surface area contributed by atoms with E-state index in [0.29, 0.717) is 28.5 Å². The molecule has 22 heavy (non-hydrogen) atoms. The van der Waals surface area contributed by atoms with Crippen molar-refractivity contribution < 1.29 is 19.2 Å². The molecular formula is C15H10N2O5. The Bertz CT molecular complexity index is 828. The molecule has 1 atom stereocenters. The van der Waals surface area contributed by atoms with Crippen molar-refractivity contribution in [2.45, 2.75) is 6.10 Å². The number of imide groups is 1. The molecule has 4 rings (SSSR count). The summed E-state index contributed by atoms with van der Waals surface area (Å²) in [5.74, 6) is -0.582. The Kier molecular flexibility index (Phi) is 2.70. The molecule has 0 saturated carbocycles. The highest BCUT2D eigenvalue weighted by Crippen LogP contribution is 2.34. The van der Waals surface area contributed by atoms with Crippen molar-refractivity contribution in [1.82, 2.24) is 4.90 Å². The van der Waals surface area contributed by atoms with Crippen LogP contribution in [0, 0.1) is 4.91 Å². The number of ether oxygens (including phenoxy) is 1. The number of hydrogen-bond acceptors (Lipinski definition) is 6. The van der Waals surface area contributed by atoms with Crippen LogP contribution in [0.5, 0.6) is 5.75 Å². The summed E-state index contributed by atoms with van der Waals surface area (Å²) < 4.78 is 5.10. The Hall–Kier alpha value is -2.80. The number of carbonyl (C=O) groups excluding carboxylic acids is 2. The highest BCUT2D eigenvalue weighted by atomic mass is 16.7.